The van der Waals surface area contributed by atoms with Crippen LogP contribution in [0, 0.1) is 6.92 Å². The van der Waals surface area contributed by atoms with Crippen LogP contribution in [0.4, 0.5) is 18.0 Å². The van der Waals surface area contributed by atoms with E-state index in [1.165, 1.54) is 23.7 Å². The number of hydrogen-bond donors (Lipinski definition) is 2. The lowest BCUT2D eigenvalue weighted by atomic mass is 10.0. The summed E-state index contributed by atoms with van der Waals surface area (Å²) in [4.78, 5) is 28.2. The molecule has 0 fully saturated rings. The molecule has 0 spiro atoms. The van der Waals surface area contributed by atoms with Gasteiger partial charge in [0.2, 0.25) is 5.54 Å². The maximum absolute atomic E-state index is 12.8. The molecule has 10 heteroatoms. The van der Waals surface area contributed by atoms with Gasteiger partial charge in [0.15, 0.2) is 0 Å². The first-order chi connectivity index (χ1) is 9.49. The molecule has 1 atom stereocenters. The van der Waals surface area contributed by atoms with Crippen molar-refractivity contribution >= 4 is 23.3 Å². The number of carboxylic acid groups (broad SMARTS) is 1. The number of carboxylic acids is 1. The average molecular weight is 325 g/mol. The number of urea groups is 1. The van der Waals surface area contributed by atoms with E-state index in [1.54, 1.807) is 12.4 Å². The van der Waals surface area contributed by atoms with E-state index in [9.17, 15) is 22.8 Å². The lowest BCUT2D eigenvalue weighted by Gasteiger charge is -2.30. The largest absolute Gasteiger partial charge is 0.479 e. The number of nitrogens with one attached hydrogen (secondary N) is 1. The normalized spacial score (nSPS) is 14.4. The standard InChI is InChI=1S/C11H14F3N3O3S/c1-6-7(21-5-15-6)4-17(3)9(20)16-10(2,8(18)19)11(12,13)14/h5H,4H2,1-3H3,(H,16,20)(H,18,19). The number of aromatic nitrogens is 1. The molecule has 1 aromatic heterocycles. The van der Waals surface area contributed by atoms with E-state index >= 15 is 0 Å². The maximum Gasteiger partial charge on any atom is 0.422 e. The number of nitrogens with zero attached hydrogens (tertiary/aromatic N) is 2. The van der Waals surface area contributed by atoms with E-state index in [1.807, 2.05) is 0 Å². The van der Waals surface area contributed by atoms with Crippen LogP contribution in [0.15, 0.2) is 5.51 Å². The number of carbonyl (C=O) groups excluding carboxylic acids is 1. The average Bonchev–Trinajstić information content (AvgIpc) is 2.73. The molecule has 0 aliphatic rings. The van der Waals surface area contributed by atoms with E-state index in [4.69, 9.17) is 5.11 Å². The van der Waals surface area contributed by atoms with Gasteiger partial charge in [0.05, 0.1) is 17.7 Å². The summed E-state index contributed by atoms with van der Waals surface area (Å²) < 4.78 is 38.4. The van der Waals surface area contributed by atoms with Crippen LogP contribution < -0.4 is 5.32 Å². The molecule has 0 saturated heterocycles. The number of alkyl halides is 3. The highest BCUT2D eigenvalue weighted by atomic mass is 32.1. The van der Waals surface area contributed by atoms with Crippen LogP contribution in [0.1, 0.15) is 17.5 Å². The smallest absolute Gasteiger partial charge is 0.422 e. The minimum Gasteiger partial charge on any atom is -0.479 e. The molecule has 0 bridgehead atoms. The van der Waals surface area contributed by atoms with E-state index in [0.717, 1.165) is 4.90 Å². The minimum absolute atomic E-state index is 0.0376. The molecule has 2 N–H and O–H groups in total. The van der Waals surface area contributed by atoms with Crippen LogP contribution >= 0.6 is 11.3 Å². The number of halogens is 3. The summed E-state index contributed by atoms with van der Waals surface area (Å²) in [6, 6.07) is -1.13. The SMILES string of the molecule is Cc1ncsc1CN(C)C(=O)NC(C)(C(=O)O)C(F)(F)F. The molecule has 0 aromatic carbocycles. The molecule has 2 amide bonds. The third kappa shape index (κ3) is 3.63. The number of hydrogen-bond acceptors (Lipinski definition) is 4. The number of rotatable bonds is 4. The van der Waals surface area contributed by atoms with E-state index in [2.05, 4.69) is 4.98 Å². The van der Waals surface area contributed by atoms with Gasteiger partial charge in [0.1, 0.15) is 0 Å². The van der Waals surface area contributed by atoms with Crippen molar-refractivity contribution in [2.45, 2.75) is 32.1 Å². The summed E-state index contributed by atoms with van der Waals surface area (Å²) in [5, 5.41) is 10.2. The Morgan fingerprint density at radius 1 is 1.48 bits per heavy atom. The molecule has 6 nitrogen and oxygen atoms in total. The van der Waals surface area contributed by atoms with Gasteiger partial charge < -0.3 is 15.3 Å². The number of carbonyl (C=O) groups is 2. The van der Waals surface area contributed by atoms with Gasteiger partial charge in [-0.3, -0.25) is 0 Å². The molecule has 0 aliphatic carbocycles. The van der Waals surface area contributed by atoms with Crippen molar-refractivity contribution in [3.05, 3.63) is 16.1 Å². The van der Waals surface area contributed by atoms with Crippen molar-refractivity contribution in [3.8, 4) is 0 Å². The minimum atomic E-state index is -5.12. The zero-order chi connectivity index (χ0) is 16.4. The Hall–Kier alpha value is -1.84. The van der Waals surface area contributed by atoms with E-state index in [0.29, 0.717) is 17.5 Å². The number of amides is 2. The lowest BCUT2D eigenvalue weighted by molar-refractivity contribution is -0.203. The second kappa shape index (κ2) is 5.88. The first-order valence-electron chi connectivity index (χ1n) is 5.71. The van der Waals surface area contributed by atoms with Crippen LogP contribution in [0.3, 0.4) is 0 Å². The predicted octanol–water partition coefficient (Wildman–Crippen LogP) is 2.00. The fourth-order valence-corrected chi connectivity index (χ4v) is 2.15. The molecular weight excluding hydrogens is 311 g/mol. The summed E-state index contributed by atoms with van der Waals surface area (Å²) in [5.41, 5.74) is -1.13. The van der Waals surface area contributed by atoms with E-state index < -0.39 is 23.7 Å². The first kappa shape index (κ1) is 17.2. The summed E-state index contributed by atoms with van der Waals surface area (Å²) in [5.74, 6) is -2.18. The predicted molar refractivity (Wildman–Crippen MR) is 68.9 cm³/mol. The highest BCUT2D eigenvalue weighted by molar-refractivity contribution is 7.09. The summed E-state index contributed by atoms with van der Waals surface area (Å²) >= 11 is 1.25. The fraction of sp³-hybridized carbons (Fsp3) is 0.545. The Bertz CT molecular complexity index is 546. The Kier molecular flexibility index (Phi) is 4.82. The summed E-state index contributed by atoms with van der Waals surface area (Å²) in [7, 11) is 1.27. The molecule has 1 unspecified atom stereocenters. The molecule has 21 heavy (non-hydrogen) atoms. The van der Waals surface area contributed by atoms with Gasteiger partial charge in [-0.1, -0.05) is 0 Å². The van der Waals surface area contributed by atoms with E-state index in [-0.39, 0.29) is 6.54 Å². The zero-order valence-electron chi connectivity index (χ0n) is 11.5. The van der Waals surface area contributed by atoms with Gasteiger partial charge in [-0.2, -0.15) is 13.2 Å². The number of aliphatic carboxylic acids is 1. The molecule has 1 rings (SSSR count). The Morgan fingerprint density at radius 3 is 2.43 bits per heavy atom. The van der Waals surface area contributed by atoms with Crippen molar-refractivity contribution in [1.29, 1.82) is 0 Å². The van der Waals surface area contributed by atoms with Crippen LogP contribution in [0.5, 0.6) is 0 Å². The third-order valence-electron chi connectivity index (χ3n) is 2.92. The highest BCUT2D eigenvalue weighted by Gasteiger charge is 2.58. The van der Waals surface area contributed by atoms with Crippen molar-refractivity contribution in [2.24, 2.45) is 0 Å². The maximum atomic E-state index is 12.8. The highest BCUT2D eigenvalue weighted by Crippen LogP contribution is 2.30. The van der Waals surface area contributed by atoms with Crippen molar-refractivity contribution in [1.82, 2.24) is 15.2 Å². The monoisotopic (exact) mass is 325 g/mol. The number of thiazole rings is 1. The molecule has 0 aliphatic heterocycles. The molecule has 0 radical (unpaired) electrons. The summed E-state index contributed by atoms with van der Waals surface area (Å²) in [6.07, 6.45) is -5.12. The Balaban J connectivity index is 2.84. The summed E-state index contributed by atoms with van der Waals surface area (Å²) in [6.45, 7) is 2.14. The topological polar surface area (TPSA) is 82.5 Å². The van der Waals surface area contributed by atoms with Gasteiger partial charge in [-0.15, -0.1) is 11.3 Å². The third-order valence-corrected chi connectivity index (χ3v) is 3.84. The first-order valence-corrected chi connectivity index (χ1v) is 6.59. The molecule has 118 valence electrons. The van der Waals surface area contributed by atoms with Gasteiger partial charge in [-0.25, -0.2) is 14.6 Å². The van der Waals surface area contributed by atoms with Crippen LogP contribution in [0.25, 0.3) is 0 Å². The second-order valence-electron chi connectivity index (χ2n) is 4.58. The Morgan fingerprint density at radius 2 is 2.05 bits per heavy atom. The van der Waals surface area contributed by atoms with Crippen LogP contribution in [0.2, 0.25) is 0 Å². The molecule has 1 heterocycles. The lowest BCUT2D eigenvalue weighted by Crippen LogP contribution is -2.63. The van der Waals surface area contributed by atoms with Crippen molar-refractivity contribution < 1.29 is 27.9 Å². The quantitative estimate of drug-likeness (QED) is 0.887. The van der Waals surface area contributed by atoms with Crippen molar-refractivity contribution in [2.75, 3.05) is 7.05 Å². The van der Waals surface area contributed by atoms with Crippen LogP contribution in [-0.2, 0) is 11.3 Å². The Labute approximate surface area is 122 Å². The zero-order valence-corrected chi connectivity index (χ0v) is 12.3. The van der Waals surface area contributed by atoms with Gasteiger partial charge in [0, 0.05) is 11.9 Å². The van der Waals surface area contributed by atoms with Crippen LogP contribution in [-0.4, -0.2) is 45.8 Å². The fourth-order valence-electron chi connectivity index (χ4n) is 1.32. The molecule has 1 aromatic rings. The second-order valence-corrected chi connectivity index (χ2v) is 5.51. The molecular formula is C11H14F3N3O3S. The number of aryl methyl sites for hydroxylation is 1. The van der Waals surface area contributed by atoms with Crippen molar-refractivity contribution in [3.63, 3.8) is 0 Å². The van der Waals surface area contributed by atoms with Gasteiger partial charge in [-0.05, 0) is 13.8 Å². The molecule has 0 saturated carbocycles. The van der Waals surface area contributed by atoms with Gasteiger partial charge in [0.25, 0.3) is 0 Å². The van der Waals surface area contributed by atoms with Gasteiger partial charge >= 0.3 is 18.2 Å².